The third kappa shape index (κ3) is 4.41. The molecule has 0 aliphatic carbocycles. The molecule has 2 aromatic rings. The highest BCUT2D eigenvalue weighted by molar-refractivity contribution is 6.35. The second-order valence-electron chi connectivity index (χ2n) is 6.17. The van der Waals surface area contributed by atoms with Gasteiger partial charge in [-0.2, -0.15) is 0 Å². The second-order valence-corrected chi connectivity index (χ2v) is 7.01. The maximum atomic E-state index is 12.3. The summed E-state index contributed by atoms with van der Waals surface area (Å²) < 4.78 is 10.7. The topological polar surface area (TPSA) is 59.6 Å². The molecule has 0 spiro atoms. The molecule has 0 radical (unpaired) electrons. The molecule has 3 rings (SSSR count). The Morgan fingerprint density at radius 2 is 1.85 bits per heavy atom. The van der Waals surface area contributed by atoms with E-state index in [0.717, 1.165) is 16.9 Å². The van der Waals surface area contributed by atoms with E-state index in [2.05, 4.69) is 10.6 Å². The molecule has 1 aliphatic heterocycles. The van der Waals surface area contributed by atoms with Crippen LogP contribution in [0, 0.1) is 0 Å². The number of halogens is 2. The minimum absolute atomic E-state index is 0.0774. The van der Waals surface area contributed by atoms with Crippen LogP contribution in [0.3, 0.4) is 0 Å². The summed E-state index contributed by atoms with van der Waals surface area (Å²) in [5.41, 5.74) is 1.85. The van der Waals surface area contributed by atoms with Crippen molar-refractivity contribution in [2.75, 3.05) is 13.3 Å². The van der Waals surface area contributed by atoms with E-state index in [9.17, 15) is 4.79 Å². The summed E-state index contributed by atoms with van der Waals surface area (Å²) in [5.74, 6) is 1.32. The van der Waals surface area contributed by atoms with E-state index in [1.807, 2.05) is 38.1 Å². The van der Waals surface area contributed by atoms with Gasteiger partial charge in [0.15, 0.2) is 11.5 Å². The van der Waals surface area contributed by atoms with Gasteiger partial charge < -0.3 is 20.1 Å². The molecule has 2 N–H and O–H groups in total. The fourth-order valence-electron chi connectivity index (χ4n) is 2.77. The first kappa shape index (κ1) is 18.8. The maximum Gasteiger partial charge on any atom is 0.234 e. The van der Waals surface area contributed by atoms with Crippen LogP contribution in [0.1, 0.15) is 37.1 Å². The average molecular weight is 395 g/mol. The Labute approximate surface area is 162 Å². The van der Waals surface area contributed by atoms with Crippen molar-refractivity contribution in [3.8, 4) is 11.5 Å². The summed E-state index contributed by atoms with van der Waals surface area (Å²) in [6, 6.07) is 10.8. The molecule has 0 fully saturated rings. The number of carbonyl (C=O) groups is 1. The Morgan fingerprint density at radius 1 is 1.08 bits per heavy atom. The number of fused-ring (bicyclic) bond motifs is 1. The number of nitrogens with one attached hydrogen (secondary N) is 2. The molecule has 0 unspecified atom stereocenters. The smallest absolute Gasteiger partial charge is 0.234 e. The zero-order chi connectivity index (χ0) is 18.7. The second kappa shape index (κ2) is 8.16. The quantitative estimate of drug-likeness (QED) is 0.768. The number of hydrogen-bond donors (Lipinski definition) is 2. The normalized spacial score (nSPS) is 14.8. The summed E-state index contributed by atoms with van der Waals surface area (Å²) in [4.78, 5) is 12.3. The Bertz CT molecular complexity index is 813. The number of hydrogen-bond acceptors (Lipinski definition) is 4. The van der Waals surface area contributed by atoms with Crippen molar-refractivity contribution in [1.29, 1.82) is 0 Å². The number of carbonyl (C=O) groups excluding carboxylic acids is 1. The summed E-state index contributed by atoms with van der Waals surface area (Å²) in [6.45, 7) is 4.28. The van der Waals surface area contributed by atoms with Gasteiger partial charge in [-0.3, -0.25) is 4.79 Å². The largest absolute Gasteiger partial charge is 0.454 e. The zero-order valence-corrected chi connectivity index (χ0v) is 16.0. The molecule has 0 aromatic heterocycles. The highest BCUT2D eigenvalue weighted by atomic mass is 35.5. The van der Waals surface area contributed by atoms with Gasteiger partial charge in [0.2, 0.25) is 12.7 Å². The molecule has 5 nitrogen and oxygen atoms in total. The van der Waals surface area contributed by atoms with E-state index in [0.29, 0.717) is 15.8 Å². The molecule has 138 valence electrons. The predicted molar refractivity (Wildman–Crippen MR) is 102 cm³/mol. The van der Waals surface area contributed by atoms with Gasteiger partial charge in [0.05, 0.1) is 12.6 Å². The molecule has 1 heterocycles. The number of benzene rings is 2. The third-order valence-electron chi connectivity index (χ3n) is 4.27. The van der Waals surface area contributed by atoms with Crippen LogP contribution in [-0.4, -0.2) is 19.2 Å². The van der Waals surface area contributed by atoms with Gasteiger partial charge in [-0.1, -0.05) is 35.3 Å². The lowest BCUT2D eigenvalue weighted by atomic mass is 10.1. The third-order valence-corrected chi connectivity index (χ3v) is 4.83. The minimum atomic E-state index is -0.145. The SMILES string of the molecule is C[C@@H](NC(=O)CN[C@H](C)c1ccc(Cl)cc1Cl)c1ccc2c(c1)OCO2. The summed E-state index contributed by atoms with van der Waals surface area (Å²) in [6.07, 6.45) is 0. The van der Waals surface area contributed by atoms with Crippen molar-refractivity contribution in [2.45, 2.75) is 25.9 Å². The van der Waals surface area contributed by atoms with E-state index in [1.54, 1.807) is 12.1 Å². The van der Waals surface area contributed by atoms with Gasteiger partial charge in [0, 0.05) is 16.1 Å². The first-order valence-corrected chi connectivity index (χ1v) is 9.07. The van der Waals surface area contributed by atoms with Crippen LogP contribution in [0.4, 0.5) is 0 Å². The Kier molecular flexibility index (Phi) is 5.91. The van der Waals surface area contributed by atoms with Gasteiger partial charge in [-0.25, -0.2) is 0 Å². The summed E-state index contributed by atoms with van der Waals surface area (Å²) in [7, 11) is 0. The molecule has 2 atom stereocenters. The molecule has 1 amide bonds. The average Bonchev–Trinajstić information content (AvgIpc) is 3.07. The predicted octanol–water partition coefficient (Wildman–Crippen LogP) is 4.25. The lowest BCUT2D eigenvalue weighted by molar-refractivity contribution is -0.121. The molecular weight excluding hydrogens is 375 g/mol. The fraction of sp³-hybridized carbons (Fsp3) is 0.316. The molecule has 0 saturated heterocycles. The molecule has 0 saturated carbocycles. The lowest BCUT2D eigenvalue weighted by Crippen LogP contribution is -2.36. The van der Waals surface area contributed by atoms with Gasteiger partial charge >= 0.3 is 0 Å². The molecule has 26 heavy (non-hydrogen) atoms. The van der Waals surface area contributed by atoms with E-state index in [4.69, 9.17) is 32.7 Å². The van der Waals surface area contributed by atoms with Gasteiger partial charge in [-0.05, 0) is 49.2 Å². The van der Waals surface area contributed by atoms with Crippen molar-refractivity contribution in [3.63, 3.8) is 0 Å². The van der Waals surface area contributed by atoms with Crippen molar-refractivity contribution >= 4 is 29.1 Å². The van der Waals surface area contributed by atoms with Gasteiger partial charge in [0.25, 0.3) is 0 Å². The van der Waals surface area contributed by atoms with Crippen LogP contribution < -0.4 is 20.1 Å². The zero-order valence-electron chi connectivity index (χ0n) is 14.5. The number of ether oxygens (including phenoxy) is 2. The van der Waals surface area contributed by atoms with Crippen LogP contribution in [0.2, 0.25) is 10.0 Å². The fourth-order valence-corrected chi connectivity index (χ4v) is 3.34. The van der Waals surface area contributed by atoms with E-state index in [1.165, 1.54) is 0 Å². The van der Waals surface area contributed by atoms with E-state index < -0.39 is 0 Å². The Hall–Kier alpha value is -1.95. The maximum absolute atomic E-state index is 12.3. The van der Waals surface area contributed by atoms with Crippen LogP contribution in [0.5, 0.6) is 11.5 Å². The number of rotatable bonds is 6. The Balaban J connectivity index is 1.53. The first-order valence-electron chi connectivity index (χ1n) is 8.31. The Morgan fingerprint density at radius 3 is 2.62 bits per heavy atom. The highest BCUT2D eigenvalue weighted by Gasteiger charge is 2.17. The molecule has 1 aliphatic rings. The lowest BCUT2D eigenvalue weighted by Gasteiger charge is -2.18. The first-order chi connectivity index (χ1) is 12.4. The van der Waals surface area contributed by atoms with Crippen LogP contribution >= 0.6 is 23.2 Å². The van der Waals surface area contributed by atoms with Crippen molar-refractivity contribution in [1.82, 2.24) is 10.6 Å². The molecule has 7 heteroatoms. The minimum Gasteiger partial charge on any atom is -0.454 e. The van der Waals surface area contributed by atoms with Crippen LogP contribution in [-0.2, 0) is 4.79 Å². The van der Waals surface area contributed by atoms with Crippen molar-refractivity contribution < 1.29 is 14.3 Å². The van der Waals surface area contributed by atoms with Gasteiger partial charge in [0.1, 0.15) is 0 Å². The number of amides is 1. The molecular formula is C19H20Cl2N2O3. The van der Waals surface area contributed by atoms with Crippen LogP contribution in [0.25, 0.3) is 0 Å². The highest BCUT2D eigenvalue weighted by Crippen LogP contribution is 2.34. The summed E-state index contributed by atoms with van der Waals surface area (Å²) in [5, 5.41) is 7.30. The molecule has 2 aromatic carbocycles. The van der Waals surface area contributed by atoms with Crippen molar-refractivity contribution in [3.05, 3.63) is 57.6 Å². The van der Waals surface area contributed by atoms with Crippen LogP contribution in [0.15, 0.2) is 36.4 Å². The van der Waals surface area contributed by atoms with E-state index in [-0.39, 0.29) is 31.3 Å². The summed E-state index contributed by atoms with van der Waals surface area (Å²) >= 11 is 12.1. The van der Waals surface area contributed by atoms with E-state index >= 15 is 0 Å². The van der Waals surface area contributed by atoms with Crippen molar-refractivity contribution in [2.24, 2.45) is 0 Å². The standard InChI is InChI=1S/C19H20Cl2N2O3/c1-11(13-3-6-17-18(7-13)26-10-25-17)23-19(24)9-22-12(2)15-5-4-14(20)8-16(15)21/h3-8,11-12,22H,9-10H2,1-2H3,(H,23,24)/t11-,12-/m1/s1. The monoisotopic (exact) mass is 394 g/mol. The van der Waals surface area contributed by atoms with Gasteiger partial charge in [-0.15, -0.1) is 0 Å². The molecule has 0 bridgehead atoms.